The van der Waals surface area contributed by atoms with Gasteiger partial charge in [0.1, 0.15) is 12.1 Å². The van der Waals surface area contributed by atoms with Gasteiger partial charge in [-0.15, -0.1) is 0 Å². The number of anilines is 1. The number of nitrogens with one attached hydrogen (secondary N) is 2. The molecule has 1 heterocycles. The van der Waals surface area contributed by atoms with E-state index in [1.807, 2.05) is 55.5 Å². The fourth-order valence-electron chi connectivity index (χ4n) is 4.13. The number of nitrogens with zero attached hydrogens (tertiary/aromatic N) is 1. The molecule has 2 aliphatic rings. The van der Waals surface area contributed by atoms with E-state index in [-0.39, 0.29) is 12.5 Å². The predicted molar refractivity (Wildman–Crippen MR) is 106 cm³/mol. The number of aryl methyl sites for hydroxylation is 2. The highest BCUT2D eigenvalue weighted by molar-refractivity contribution is 6.10. The van der Waals surface area contributed by atoms with Gasteiger partial charge in [0.15, 0.2) is 0 Å². The second-order valence-corrected chi connectivity index (χ2v) is 7.33. The van der Waals surface area contributed by atoms with Gasteiger partial charge in [-0.1, -0.05) is 43.3 Å². The molecule has 0 bridgehead atoms. The summed E-state index contributed by atoms with van der Waals surface area (Å²) in [4.78, 5) is 39.1. The first-order chi connectivity index (χ1) is 13.5. The Morgan fingerprint density at radius 3 is 2.61 bits per heavy atom. The highest BCUT2D eigenvalue weighted by Crippen LogP contribution is 2.32. The first-order valence-corrected chi connectivity index (χ1v) is 9.65. The highest BCUT2D eigenvalue weighted by atomic mass is 16.2. The van der Waals surface area contributed by atoms with E-state index in [9.17, 15) is 14.4 Å². The van der Waals surface area contributed by atoms with E-state index in [2.05, 4.69) is 10.6 Å². The molecule has 0 spiro atoms. The first kappa shape index (κ1) is 18.2. The lowest BCUT2D eigenvalue weighted by molar-refractivity contribution is -0.134. The molecule has 1 aliphatic heterocycles. The Morgan fingerprint density at radius 1 is 1.11 bits per heavy atom. The van der Waals surface area contributed by atoms with Crippen LogP contribution in [0.2, 0.25) is 0 Å². The molecule has 1 unspecified atom stereocenters. The number of carbonyl (C=O) groups excluding carboxylic acids is 3. The summed E-state index contributed by atoms with van der Waals surface area (Å²) in [6, 6.07) is 14.5. The minimum absolute atomic E-state index is 0.309. The Balaban J connectivity index is 1.49. The van der Waals surface area contributed by atoms with Gasteiger partial charge < -0.3 is 10.6 Å². The lowest BCUT2D eigenvalue weighted by atomic mass is 9.87. The number of rotatable bonds is 5. The molecule has 2 N–H and O–H groups in total. The largest absolute Gasteiger partial charge is 0.325 e. The molecule has 2 aromatic rings. The molecule has 0 radical (unpaired) electrons. The standard InChI is InChI=1S/C22H23N3O3/c1-2-22(17-9-4-3-5-10-17)20(27)25(21(28)24-22)14-19(26)23-18-12-11-15-7-6-8-16(15)13-18/h3-5,9-13H,2,6-8,14H2,1H3,(H,23,26)(H,24,28). The van der Waals surface area contributed by atoms with Crippen molar-refractivity contribution in [3.8, 4) is 0 Å². The number of fused-ring (bicyclic) bond motifs is 1. The SMILES string of the molecule is CCC1(c2ccccc2)NC(=O)N(CC(=O)Nc2ccc3c(c2)CCC3)C1=O. The van der Waals surface area contributed by atoms with Gasteiger partial charge >= 0.3 is 6.03 Å². The average molecular weight is 377 g/mol. The van der Waals surface area contributed by atoms with Crippen molar-refractivity contribution >= 4 is 23.5 Å². The smallest absolute Gasteiger partial charge is 0.325 e. The van der Waals surface area contributed by atoms with Crippen LogP contribution in [-0.2, 0) is 28.0 Å². The molecule has 0 saturated carbocycles. The quantitative estimate of drug-likeness (QED) is 0.787. The second-order valence-electron chi connectivity index (χ2n) is 7.33. The second kappa shape index (κ2) is 7.11. The summed E-state index contributed by atoms with van der Waals surface area (Å²) in [5.41, 5.74) is 2.87. The van der Waals surface area contributed by atoms with E-state index >= 15 is 0 Å². The molecular weight excluding hydrogens is 354 g/mol. The van der Waals surface area contributed by atoms with Crippen LogP contribution in [0.5, 0.6) is 0 Å². The third-order valence-electron chi connectivity index (χ3n) is 5.66. The van der Waals surface area contributed by atoms with Gasteiger partial charge in [-0.2, -0.15) is 0 Å². The number of urea groups is 1. The van der Waals surface area contributed by atoms with Gasteiger partial charge in [-0.05, 0) is 54.5 Å². The molecule has 6 heteroatoms. The molecule has 6 nitrogen and oxygen atoms in total. The van der Waals surface area contributed by atoms with Crippen LogP contribution in [0.3, 0.4) is 0 Å². The number of imide groups is 1. The maximum atomic E-state index is 13.1. The molecule has 28 heavy (non-hydrogen) atoms. The van der Waals surface area contributed by atoms with Crippen molar-refractivity contribution < 1.29 is 14.4 Å². The summed E-state index contributed by atoms with van der Waals surface area (Å²) in [5.74, 6) is -0.781. The number of hydrogen-bond acceptors (Lipinski definition) is 3. The molecule has 1 saturated heterocycles. The third-order valence-corrected chi connectivity index (χ3v) is 5.66. The molecule has 4 rings (SSSR count). The maximum absolute atomic E-state index is 13.1. The van der Waals surface area contributed by atoms with Crippen LogP contribution in [0, 0.1) is 0 Å². The van der Waals surface area contributed by atoms with Gasteiger partial charge in [0.05, 0.1) is 0 Å². The van der Waals surface area contributed by atoms with E-state index in [4.69, 9.17) is 0 Å². The first-order valence-electron chi connectivity index (χ1n) is 9.65. The molecular formula is C22H23N3O3. The summed E-state index contributed by atoms with van der Waals surface area (Å²) in [6.45, 7) is 1.54. The van der Waals surface area contributed by atoms with E-state index in [0.717, 1.165) is 29.7 Å². The number of benzene rings is 2. The average Bonchev–Trinajstić information content (AvgIpc) is 3.26. The topological polar surface area (TPSA) is 78.5 Å². The van der Waals surface area contributed by atoms with Gasteiger partial charge in [0.25, 0.3) is 5.91 Å². The lowest BCUT2D eigenvalue weighted by Gasteiger charge is -2.25. The summed E-state index contributed by atoms with van der Waals surface area (Å²) < 4.78 is 0. The van der Waals surface area contributed by atoms with E-state index < -0.39 is 17.5 Å². The molecule has 1 aliphatic carbocycles. The van der Waals surface area contributed by atoms with E-state index in [0.29, 0.717) is 12.1 Å². The molecule has 0 aromatic heterocycles. The van der Waals surface area contributed by atoms with E-state index in [1.165, 1.54) is 11.1 Å². The van der Waals surface area contributed by atoms with Crippen LogP contribution < -0.4 is 10.6 Å². The number of hydrogen-bond donors (Lipinski definition) is 2. The zero-order chi connectivity index (χ0) is 19.7. The third kappa shape index (κ3) is 3.05. The van der Waals surface area contributed by atoms with Crippen LogP contribution in [0.25, 0.3) is 0 Å². The number of carbonyl (C=O) groups is 3. The van der Waals surface area contributed by atoms with Gasteiger partial charge in [-0.25, -0.2) is 4.79 Å². The monoisotopic (exact) mass is 377 g/mol. The maximum Gasteiger partial charge on any atom is 0.325 e. The summed E-state index contributed by atoms with van der Waals surface area (Å²) in [7, 11) is 0. The fraction of sp³-hybridized carbons (Fsp3) is 0.318. The molecule has 2 aromatic carbocycles. The van der Waals surface area contributed by atoms with Crippen molar-refractivity contribution in [2.24, 2.45) is 0 Å². The Hall–Kier alpha value is -3.15. The van der Waals surface area contributed by atoms with Crippen molar-refractivity contribution in [3.63, 3.8) is 0 Å². The van der Waals surface area contributed by atoms with Crippen LogP contribution in [0.1, 0.15) is 36.5 Å². The van der Waals surface area contributed by atoms with Crippen molar-refractivity contribution in [3.05, 3.63) is 65.2 Å². The predicted octanol–water partition coefficient (Wildman–Crippen LogP) is 2.97. The molecule has 1 atom stereocenters. The molecule has 1 fully saturated rings. The van der Waals surface area contributed by atoms with Gasteiger partial charge in [0.2, 0.25) is 5.91 Å². The minimum atomic E-state index is -1.12. The van der Waals surface area contributed by atoms with Crippen LogP contribution in [0.15, 0.2) is 48.5 Å². The summed E-state index contributed by atoms with van der Waals surface area (Å²) >= 11 is 0. The van der Waals surface area contributed by atoms with Crippen LogP contribution >= 0.6 is 0 Å². The lowest BCUT2D eigenvalue weighted by Crippen LogP contribution is -2.44. The van der Waals surface area contributed by atoms with Crippen molar-refractivity contribution in [2.75, 3.05) is 11.9 Å². The normalized spacial score (nSPS) is 20.8. The minimum Gasteiger partial charge on any atom is -0.325 e. The van der Waals surface area contributed by atoms with Crippen molar-refractivity contribution in [2.45, 2.75) is 38.1 Å². The van der Waals surface area contributed by atoms with Gasteiger partial charge in [0, 0.05) is 5.69 Å². The molecule has 4 amide bonds. The Labute approximate surface area is 163 Å². The fourth-order valence-corrected chi connectivity index (χ4v) is 4.13. The highest BCUT2D eigenvalue weighted by Gasteiger charge is 2.51. The summed E-state index contributed by atoms with van der Waals surface area (Å²) in [5, 5.41) is 5.61. The number of amides is 4. The van der Waals surface area contributed by atoms with E-state index in [1.54, 1.807) is 0 Å². The van der Waals surface area contributed by atoms with Crippen molar-refractivity contribution in [1.82, 2.24) is 10.2 Å². The summed E-state index contributed by atoms with van der Waals surface area (Å²) in [6.07, 6.45) is 3.63. The van der Waals surface area contributed by atoms with Crippen LogP contribution in [0.4, 0.5) is 10.5 Å². The Bertz CT molecular complexity index is 941. The Kier molecular flexibility index (Phi) is 4.63. The van der Waals surface area contributed by atoms with Gasteiger partial charge in [-0.3, -0.25) is 14.5 Å². The Morgan fingerprint density at radius 2 is 1.86 bits per heavy atom. The zero-order valence-corrected chi connectivity index (χ0v) is 15.8. The van der Waals surface area contributed by atoms with Crippen molar-refractivity contribution in [1.29, 1.82) is 0 Å². The zero-order valence-electron chi connectivity index (χ0n) is 15.8. The van der Waals surface area contributed by atoms with Crippen LogP contribution in [-0.4, -0.2) is 29.3 Å². The molecule has 144 valence electrons.